The molecule has 0 spiro atoms. The standard InChI is InChI=1S/C14H27N3O/c1-17-9-2-3-12(8-10-17)16-13-6-4-11(5-7-13)14(15)18/h11-13,16H,2-10H2,1H3,(H2,15,18). The highest BCUT2D eigenvalue weighted by Gasteiger charge is 2.26. The Hall–Kier alpha value is -0.610. The number of nitrogens with zero attached hydrogens (tertiary/aromatic N) is 1. The van der Waals surface area contributed by atoms with Crippen molar-refractivity contribution in [3.63, 3.8) is 0 Å². The second-order valence-electron chi connectivity index (χ2n) is 6.05. The Bertz CT molecular complexity index is 274. The number of carbonyl (C=O) groups is 1. The number of hydrogen-bond acceptors (Lipinski definition) is 3. The molecule has 4 heteroatoms. The van der Waals surface area contributed by atoms with Gasteiger partial charge in [-0.2, -0.15) is 0 Å². The summed E-state index contributed by atoms with van der Waals surface area (Å²) in [6, 6.07) is 1.28. The van der Waals surface area contributed by atoms with E-state index in [9.17, 15) is 4.79 Å². The Kier molecular flexibility index (Phi) is 5.01. The van der Waals surface area contributed by atoms with Crippen LogP contribution in [0.15, 0.2) is 0 Å². The van der Waals surface area contributed by atoms with Crippen molar-refractivity contribution in [3.05, 3.63) is 0 Å². The van der Waals surface area contributed by atoms with Crippen molar-refractivity contribution in [1.29, 1.82) is 0 Å². The maximum absolute atomic E-state index is 11.1. The second-order valence-corrected chi connectivity index (χ2v) is 6.05. The topological polar surface area (TPSA) is 58.4 Å². The van der Waals surface area contributed by atoms with Gasteiger partial charge in [0.25, 0.3) is 0 Å². The van der Waals surface area contributed by atoms with E-state index >= 15 is 0 Å². The lowest BCUT2D eigenvalue weighted by molar-refractivity contribution is -0.122. The van der Waals surface area contributed by atoms with Gasteiger partial charge in [0.15, 0.2) is 0 Å². The lowest BCUT2D eigenvalue weighted by Gasteiger charge is -2.30. The molecule has 1 heterocycles. The summed E-state index contributed by atoms with van der Waals surface area (Å²) < 4.78 is 0. The predicted octanol–water partition coefficient (Wildman–Crippen LogP) is 1.10. The van der Waals surface area contributed by atoms with Gasteiger partial charge in [-0.3, -0.25) is 4.79 Å². The number of carbonyl (C=O) groups excluding carboxylic acids is 1. The highest BCUT2D eigenvalue weighted by molar-refractivity contribution is 5.76. The minimum atomic E-state index is -0.107. The first kappa shape index (κ1) is 13.8. The first-order valence-corrected chi connectivity index (χ1v) is 7.39. The fourth-order valence-electron chi connectivity index (χ4n) is 3.28. The van der Waals surface area contributed by atoms with Gasteiger partial charge in [0.1, 0.15) is 0 Å². The fraction of sp³-hybridized carbons (Fsp3) is 0.929. The van der Waals surface area contributed by atoms with E-state index in [0.29, 0.717) is 12.1 Å². The van der Waals surface area contributed by atoms with Crippen molar-refractivity contribution in [3.8, 4) is 0 Å². The summed E-state index contributed by atoms with van der Waals surface area (Å²) in [6.45, 7) is 2.43. The molecule has 2 rings (SSSR count). The van der Waals surface area contributed by atoms with E-state index in [-0.39, 0.29) is 11.8 Å². The lowest BCUT2D eigenvalue weighted by atomic mass is 9.85. The van der Waals surface area contributed by atoms with Crippen LogP contribution in [-0.2, 0) is 4.79 Å². The van der Waals surface area contributed by atoms with E-state index in [1.165, 1.54) is 32.4 Å². The van der Waals surface area contributed by atoms with Crippen molar-refractivity contribution in [1.82, 2.24) is 10.2 Å². The Labute approximate surface area is 110 Å². The number of hydrogen-bond donors (Lipinski definition) is 2. The summed E-state index contributed by atoms with van der Waals surface area (Å²) in [5.74, 6) is 0.0212. The van der Waals surface area contributed by atoms with Crippen molar-refractivity contribution < 1.29 is 4.79 Å². The molecule has 0 aromatic rings. The van der Waals surface area contributed by atoms with Crippen molar-refractivity contribution in [2.75, 3.05) is 20.1 Å². The number of rotatable bonds is 3. The zero-order chi connectivity index (χ0) is 13.0. The van der Waals surface area contributed by atoms with Gasteiger partial charge in [-0.25, -0.2) is 0 Å². The average Bonchev–Trinajstić information content (AvgIpc) is 2.55. The van der Waals surface area contributed by atoms with Gasteiger partial charge < -0.3 is 16.0 Å². The van der Waals surface area contributed by atoms with Crippen LogP contribution in [0.1, 0.15) is 44.9 Å². The maximum atomic E-state index is 11.1. The molecule has 1 saturated carbocycles. The highest BCUT2D eigenvalue weighted by Crippen LogP contribution is 2.25. The van der Waals surface area contributed by atoms with E-state index < -0.39 is 0 Å². The molecular weight excluding hydrogens is 226 g/mol. The Morgan fingerprint density at radius 1 is 1.06 bits per heavy atom. The molecule has 4 nitrogen and oxygen atoms in total. The zero-order valence-corrected chi connectivity index (χ0v) is 11.5. The fourth-order valence-corrected chi connectivity index (χ4v) is 3.28. The summed E-state index contributed by atoms with van der Waals surface area (Å²) in [4.78, 5) is 13.6. The van der Waals surface area contributed by atoms with E-state index in [2.05, 4.69) is 17.3 Å². The molecular formula is C14H27N3O. The largest absolute Gasteiger partial charge is 0.369 e. The minimum Gasteiger partial charge on any atom is -0.369 e. The molecule has 0 aromatic carbocycles. The number of primary amides is 1. The summed E-state index contributed by atoms with van der Waals surface area (Å²) in [7, 11) is 2.21. The monoisotopic (exact) mass is 253 g/mol. The molecule has 2 fully saturated rings. The molecule has 2 aliphatic rings. The van der Waals surface area contributed by atoms with Crippen molar-refractivity contribution >= 4 is 5.91 Å². The molecule has 0 radical (unpaired) electrons. The van der Waals surface area contributed by atoms with Crippen LogP contribution in [-0.4, -0.2) is 43.0 Å². The molecule has 18 heavy (non-hydrogen) atoms. The molecule has 3 N–H and O–H groups in total. The van der Waals surface area contributed by atoms with Gasteiger partial charge in [-0.15, -0.1) is 0 Å². The van der Waals surface area contributed by atoms with Crippen LogP contribution < -0.4 is 11.1 Å². The Morgan fingerprint density at radius 2 is 1.72 bits per heavy atom. The van der Waals surface area contributed by atoms with E-state index in [1.807, 2.05) is 0 Å². The first-order valence-electron chi connectivity index (χ1n) is 7.39. The Morgan fingerprint density at radius 3 is 2.39 bits per heavy atom. The summed E-state index contributed by atoms with van der Waals surface area (Å²) >= 11 is 0. The molecule has 104 valence electrons. The predicted molar refractivity (Wildman–Crippen MR) is 73.2 cm³/mol. The highest BCUT2D eigenvalue weighted by atomic mass is 16.1. The summed E-state index contributed by atoms with van der Waals surface area (Å²) in [5.41, 5.74) is 5.37. The number of nitrogens with one attached hydrogen (secondary N) is 1. The van der Waals surface area contributed by atoms with Crippen LogP contribution in [0, 0.1) is 5.92 Å². The third kappa shape index (κ3) is 3.95. The van der Waals surface area contributed by atoms with E-state index in [1.54, 1.807) is 0 Å². The van der Waals surface area contributed by atoms with E-state index in [0.717, 1.165) is 25.7 Å². The van der Waals surface area contributed by atoms with Crippen LogP contribution in [0.2, 0.25) is 0 Å². The van der Waals surface area contributed by atoms with Gasteiger partial charge >= 0.3 is 0 Å². The molecule has 1 amide bonds. The molecule has 0 bridgehead atoms. The van der Waals surface area contributed by atoms with Crippen molar-refractivity contribution in [2.24, 2.45) is 11.7 Å². The minimum absolute atomic E-state index is 0.107. The molecule has 1 unspecified atom stereocenters. The van der Waals surface area contributed by atoms with E-state index in [4.69, 9.17) is 5.73 Å². The van der Waals surface area contributed by atoms with Crippen LogP contribution >= 0.6 is 0 Å². The molecule has 1 aliphatic carbocycles. The Balaban J connectivity index is 1.72. The molecule has 1 atom stereocenters. The number of likely N-dealkylation sites (tertiary alicyclic amines) is 1. The number of amides is 1. The van der Waals surface area contributed by atoms with Crippen LogP contribution in [0.4, 0.5) is 0 Å². The maximum Gasteiger partial charge on any atom is 0.220 e. The second kappa shape index (κ2) is 6.53. The normalized spacial score (nSPS) is 35.1. The molecule has 0 aromatic heterocycles. The smallest absolute Gasteiger partial charge is 0.220 e. The lowest BCUT2D eigenvalue weighted by Crippen LogP contribution is -2.42. The third-order valence-corrected chi connectivity index (χ3v) is 4.55. The SMILES string of the molecule is CN1CCCC(NC2CCC(C(N)=O)CC2)CC1. The summed E-state index contributed by atoms with van der Waals surface area (Å²) in [6.07, 6.45) is 8.01. The third-order valence-electron chi connectivity index (χ3n) is 4.55. The molecule has 1 saturated heterocycles. The first-order chi connectivity index (χ1) is 8.65. The van der Waals surface area contributed by atoms with Gasteiger partial charge in [0, 0.05) is 18.0 Å². The van der Waals surface area contributed by atoms with Gasteiger partial charge in [0.05, 0.1) is 0 Å². The number of nitrogens with two attached hydrogens (primary N) is 1. The summed E-state index contributed by atoms with van der Waals surface area (Å²) in [5, 5.41) is 3.80. The van der Waals surface area contributed by atoms with Gasteiger partial charge in [-0.05, 0) is 65.1 Å². The van der Waals surface area contributed by atoms with Crippen LogP contribution in [0.25, 0.3) is 0 Å². The zero-order valence-electron chi connectivity index (χ0n) is 11.5. The van der Waals surface area contributed by atoms with Gasteiger partial charge in [0.2, 0.25) is 5.91 Å². The quantitative estimate of drug-likeness (QED) is 0.792. The average molecular weight is 253 g/mol. The van der Waals surface area contributed by atoms with Crippen molar-refractivity contribution in [2.45, 2.75) is 57.0 Å². The molecule has 1 aliphatic heterocycles. The van der Waals surface area contributed by atoms with Crippen LogP contribution in [0.5, 0.6) is 0 Å². The van der Waals surface area contributed by atoms with Crippen LogP contribution in [0.3, 0.4) is 0 Å². The van der Waals surface area contributed by atoms with Gasteiger partial charge in [-0.1, -0.05) is 0 Å².